The van der Waals surface area contributed by atoms with Crippen molar-refractivity contribution in [1.82, 2.24) is 10.4 Å². The molecule has 0 saturated carbocycles. The molecule has 0 spiro atoms. The Morgan fingerprint density at radius 2 is 2.20 bits per heavy atom. The molecule has 9 heteroatoms. The number of aliphatic imine (C=N–C) groups is 2. The van der Waals surface area contributed by atoms with E-state index in [0.717, 1.165) is 31.4 Å². The number of amides is 1. The van der Waals surface area contributed by atoms with Crippen LogP contribution in [0.2, 0.25) is 0 Å². The number of carbonyl (C=O) groups excluding carboxylic acids is 1. The van der Waals surface area contributed by atoms with Crippen LogP contribution in [0, 0.1) is 5.92 Å². The quantitative estimate of drug-likeness (QED) is 0.510. The third kappa shape index (κ3) is 5.19. The maximum Gasteiger partial charge on any atom is 0.431 e. The minimum Gasteiger partial charge on any atom is -0.326 e. The number of nitrogens with one attached hydrogen (secondary N) is 1. The van der Waals surface area contributed by atoms with Crippen molar-refractivity contribution < 1.29 is 23.2 Å². The lowest BCUT2D eigenvalue weighted by Gasteiger charge is -2.40. The monoisotopic (exact) mass is 424 g/mol. The normalized spacial score (nSPS) is 22.5. The fourth-order valence-corrected chi connectivity index (χ4v) is 4.12. The summed E-state index contributed by atoms with van der Waals surface area (Å²) < 4.78 is 40.8. The van der Waals surface area contributed by atoms with Gasteiger partial charge in [0, 0.05) is 24.9 Å². The number of carbonyl (C=O) groups is 1. The van der Waals surface area contributed by atoms with Crippen LogP contribution in [0.25, 0.3) is 0 Å². The van der Waals surface area contributed by atoms with Gasteiger partial charge in [0.05, 0.1) is 12.1 Å². The molecule has 164 valence electrons. The molecule has 1 saturated heterocycles. The van der Waals surface area contributed by atoms with E-state index in [1.54, 1.807) is 18.5 Å². The molecule has 3 aliphatic heterocycles. The number of halogens is 3. The largest absolute Gasteiger partial charge is 0.431 e. The van der Waals surface area contributed by atoms with Crippen LogP contribution in [-0.2, 0) is 4.79 Å². The molecule has 1 unspecified atom stereocenters. The Hall–Kier alpha value is -2.42. The molecule has 0 radical (unpaired) electrons. The van der Waals surface area contributed by atoms with Crippen molar-refractivity contribution >= 4 is 17.5 Å². The first-order valence-corrected chi connectivity index (χ1v) is 10.3. The summed E-state index contributed by atoms with van der Waals surface area (Å²) in [5, 5.41) is 8.77. The van der Waals surface area contributed by atoms with E-state index in [2.05, 4.69) is 9.98 Å². The number of piperidine rings is 1. The predicted molar refractivity (Wildman–Crippen MR) is 108 cm³/mol. The highest BCUT2D eigenvalue weighted by atomic mass is 19.4. The Balaban J connectivity index is 1.62. The van der Waals surface area contributed by atoms with Gasteiger partial charge in [0.15, 0.2) is 0 Å². The van der Waals surface area contributed by atoms with Gasteiger partial charge >= 0.3 is 6.18 Å². The molecule has 3 aliphatic rings. The van der Waals surface area contributed by atoms with Crippen molar-refractivity contribution in [3.05, 3.63) is 35.2 Å². The van der Waals surface area contributed by atoms with E-state index in [9.17, 15) is 18.0 Å². The van der Waals surface area contributed by atoms with Gasteiger partial charge in [0.25, 0.3) is 5.91 Å². The Kier molecular flexibility index (Phi) is 7.12. The number of hydrogen-bond acceptors (Lipinski definition) is 5. The number of alkyl halides is 3. The first kappa shape index (κ1) is 22.3. The molecule has 1 amide bonds. The predicted octanol–water partition coefficient (Wildman–Crippen LogP) is 4.30. The molecular weight excluding hydrogens is 397 g/mol. The zero-order valence-corrected chi connectivity index (χ0v) is 17.0. The van der Waals surface area contributed by atoms with Gasteiger partial charge in [-0.05, 0) is 50.0 Å². The van der Waals surface area contributed by atoms with E-state index >= 15 is 0 Å². The molecule has 1 fully saturated rings. The maximum absolute atomic E-state index is 13.6. The third-order valence-corrected chi connectivity index (χ3v) is 5.78. The van der Waals surface area contributed by atoms with Crippen molar-refractivity contribution in [3.63, 3.8) is 0 Å². The molecule has 0 aliphatic carbocycles. The minimum atomic E-state index is -4.36. The minimum absolute atomic E-state index is 0.128. The van der Waals surface area contributed by atoms with Crippen molar-refractivity contribution in [3.8, 4) is 0 Å². The van der Waals surface area contributed by atoms with Crippen molar-refractivity contribution in [2.45, 2.75) is 58.0 Å². The van der Waals surface area contributed by atoms with Crippen LogP contribution in [-0.4, -0.2) is 46.8 Å². The van der Waals surface area contributed by atoms with Gasteiger partial charge in [0.1, 0.15) is 11.5 Å². The van der Waals surface area contributed by atoms with Gasteiger partial charge in [-0.2, -0.15) is 13.2 Å². The number of rotatable bonds is 5. The highest BCUT2D eigenvalue weighted by Crippen LogP contribution is 2.38. The average Bonchev–Trinajstić information content (AvgIpc) is 2.71. The fraction of sp³-hybridized carbons (Fsp3) is 0.571. The van der Waals surface area contributed by atoms with Crippen LogP contribution in [0.3, 0.4) is 0 Å². The number of hydroxylamine groups is 1. The van der Waals surface area contributed by atoms with Crippen LogP contribution in [0.4, 0.5) is 13.2 Å². The summed E-state index contributed by atoms with van der Waals surface area (Å²) in [6, 6.07) is 0. The summed E-state index contributed by atoms with van der Waals surface area (Å²) >= 11 is 0. The number of allylic oxidation sites excluding steroid dienone is 2. The van der Waals surface area contributed by atoms with Gasteiger partial charge in [-0.3, -0.25) is 20.0 Å². The van der Waals surface area contributed by atoms with Crippen LogP contribution in [0.1, 0.15) is 51.9 Å². The smallest absolute Gasteiger partial charge is 0.326 e. The van der Waals surface area contributed by atoms with E-state index in [0.29, 0.717) is 37.2 Å². The Bertz CT molecular complexity index is 825. The lowest BCUT2D eigenvalue weighted by molar-refractivity contribution is -0.124. The zero-order chi connectivity index (χ0) is 21.7. The molecular formula is C21H27F3N4O2. The molecule has 3 heterocycles. The third-order valence-electron chi connectivity index (χ3n) is 5.78. The van der Waals surface area contributed by atoms with Crippen LogP contribution >= 0.6 is 0 Å². The lowest BCUT2D eigenvalue weighted by Crippen LogP contribution is -2.45. The first-order valence-electron chi connectivity index (χ1n) is 10.3. The molecule has 0 aromatic rings. The molecule has 2 N–H and O–H groups in total. The second-order valence-corrected chi connectivity index (χ2v) is 7.75. The standard InChI is InChI=1S/C21H27F3N4O2/c1-2-15-12-26-18-11-14(9-10-28(18)19(15)21(22,23)24)7-8-17-6-4-3-5-16(13-25-17)20(29)27-30/h3,5,13-14,30H,2,4,6-12H2,1H3,(H,27,29). The van der Waals surface area contributed by atoms with Crippen LogP contribution in [0.5, 0.6) is 0 Å². The molecule has 30 heavy (non-hydrogen) atoms. The molecule has 6 nitrogen and oxygen atoms in total. The van der Waals surface area contributed by atoms with Crippen molar-refractivity contribution in [2.75, 3.05) is 13.1 Å². The molecule has 0 bridgehead atoms. The first-order chi connectivity index (χ1) is 14.3. The van der Waals surface area contributed by atoms with E-state index in [4.69, 9.17) is 5.21 Å². The van der Waals surface area contributed by atoms with Gasteiger partial charge < -0.3 is 4.90 Å². The summed E-state index contributed by atoms with van der Waals surface area (Å²) in [4.78, 5) is 21.8. The number of hydrogen-bond donors (Lipinski definition) is 2. The second kappa shape index (κ2) is 9.59. The summed E-state index contributed by atoms with van der Waals surface area (Å²) in [6.07, 6.45) is 5.18. The van der Waals surface area contributed by atoms with E-state index < -0.39 is 17.8 Å². The summed E-state index contributed by atoms with van der Waals surface area (Å²) in [7, 11) is 0. The molecule has 3 rings (SSSR count). The van der Waals surface area contributed by atoms with Crippen molar-refractivity contribution in [1.29, 1.82) is 0 Å². The van der Waals surface area contributed by atoms with Crippen molar-refractivity contribution in [2.24, 2.45) is 15.9 Å². The average molecular weight is 424 g/mol. The number of fused-ring (bicyclic) bond motifs is 1. The molecule has 0 aromatic heterocycles. The second-order valence-electron chi connectivity index (χ2n) is 7.75. The summed E-state index contributed by atoms with van der Waals surface area (Å²) in [5.74, 6) is 0.185. The lowest BCUT2D eigenvalue weighted by atomic mass is 9.88. The van der Waals surface area contributed by atoms with E-state index in [1.165, 1.54) is 11.1 Å². The Morgan fingerprint density at radius 1 is 1.40 bits per heavy atom. The van der Waals surface area contributed by atoms with Gasteiger partial charge in [-0.25, -0.2) is 5.48 Å². The van der Waals surface area contributed by atoms with Gasteiger partial charge in [-0.15, -0.1) is 0 Å². The topological polar surface area (TPSA) is 77.3 Å². The SMILES string of the molecule is CCC1=C(C(F)(F)F)N2CCC(CCC3=NC=C(C(=O)NO)C=CCC3)CC2=NC1. The molecule has 1 atom stereocenters. The molecule has 0 aromatic carbocycles. The number of amidine groups is 1. The summed E-state index contributed by atoms with van der Waals surface area (Å²) in [6.45, 7) is 2.20. The van der Waals surface area contributed by atoms with E-state index in [-0.39, 0.29) is 18.0 Å². The Morgan fingerprint density at radius 3 is 2.90 bits per heavy atom. The zero-order valence-electron chi connectivity index (χ0n) is 17.0. The van der Waals surface area contributed by atoms with Crippen LogP contribution in [0.15, 0.2) is 45.2 Å². The maximum atomic E-state index is 13.6. The van der Waals surface area contributed by atoms with Gasteiger partial charge in [-0.1, -0.05) is 19.1 Å². The fourth-order valence-electron chi connectivity index (χ4n) is 4.12. The highest BCUT2D eigenvalue weighted by Gasteiger charge is 2.44. The number of nitrogens with zero attached hydrogens (tertiary/aromatic N) is 3. The van der Waals surface area contributed by atoms with Gasteiger partial charge in [0.2, 0.25) is 0 Å². The highest BCUT2D eigenvalue weighted by molar-refractivity contribution is 5.96. The van der Waals surface area contributed by atoms with Crippen LogP contribution < -0.4 is 5.48 Å². The Labute approximate surface area is 173 Å². The summed E-state index contributed by atoms with van der Waals surface area (Å²) in [5.41, 5.74) is 2.67. The van der Waals surface area contributed by atoms with E-state index in [1.807, 2.05) is 6.08 Å².